The predicted molar refractivity (Wildman–Crippen MR) is 183 cm³/mol. The number of aromatic nitrogens is 4. The number of piperazine rings is 1. The summed E-state index contributed by atoms with van der Waals surface area (Å²) in [5, 5.41) is 31.2. The second kappa shape index (κ2) is 12.4. The van der Waals surface area contributed by atoms with E-state index >= 15 is 0 Å². The van der Waals surface area contributed by atoms with Gasteiger partial charge in [0.05, 0.1) is 29.0 Å². The van der Waals surface area contributed by atoms with E-state index in [4.69, 9.17) is 15.5 Å². The zero-order valence-electron chi connectivity index (χ0n) is 28.0. The van der Waals surface area contributed by atoms with Crippen molar-refractivity contribution in [2.75, 3.05) is 50.7 Å². The number of hydrogen-bond acceptors (Lipinski definition) is 12. The molecule has 4 aliphatic heterocycles. The van der Waals surface area contributed by atoms with Crippen molar-refractivity contribution in [3.8, 4) is 17.1 Å². The van der Waals surface area contributed by atoms with Gasteiger partial charge in [-0.25, -0.2) is 9.78 Å². The van der Waals surface area contributed by atoms with Crippen LogP contribution in [0.5, 0.6) is 5.75 Å². The first-order valence-corrected chi connectivity index (χ1v) is 17.3. The highest BCUT2D eigenvalue weighted by Crippen LogP contribution is 2.40. The van der Waals surface area contributed by atoms with E-state index in [2.05, 4.69) is 24.9 Å². The topological polar surface area (TPSA) is 180 Å². The van der Waals surface area contributed by atoms with E-state index in [9.17, 15) is 24.6 Å². The van der Waals surface area contributed by atoms with Crippen molar-refractivity contribution in [2.45, 2.75) is 51.5 Å². The third kappa shape index (κ3) is 5.47. The zero-order valence-corrected chi connectivity index (χ0v) is 28.0. The number of anilines is 1. The van der Waals surface area contributed by atoms with Crippen molar-refractivity contribution in [1.82, 2.24) is 29.5 Å². The van der Waals surface area contributed by atoms with Gasteiger partial charge in [0, 0.05) is 74.4 Å². The van der Waals surface area contributed by atoms with Crippen LogP contribution in [0.4, 0.5) is 5.82 Å². The summed E-state index contributed by atoms with van der Waals surface area (Å²) in [4.78, 5) is 49.5. The number of cyclic esters (lactones) is 1. The Labute approximate surface area is 288 Å². The molecule has 2 saturated heterocycles. The van der Waals surface area contributed by atoms with E-state index in [1.54, 1.807) is 35.8 Å². The number of phenolic OH excluding ortho intramolecular Hbond substituents is 1. The van der Waals surface area contributed by atoms with E-state index in [-0.39, 0.29) is 30.0 Å². The Bertz CT molecular complexity index is 2070. The highest BCUT2D eigenvalue weighted by molar-refractivity contribution is 5.91. The van der Waals surface area contributed by atoms with Crippen LogP contribution >= 0.6 is 0 Å². The largest absolute Gasteiger partial charge is 0.508 e. The smallest absolute Gasteiger partial charge is 0.343 e. The van der Waals surface area contributed by atoms with Gasteiger partial charge in [-0.05, 0) is 61.6 Å². The number of benzene rings is 1. The number of nitrogens with zero attached hydrogens (tertiary/aromatic N) is 7. The number of primary amides is 1. The third-order valence-electron chi connectivity index (χ3n) is 11.0. The van der Waals surface area contributed by atoms with Gasteiger partial charge in [-0.15, -0.1) is 10.2 Å². The molecule has 8 rings (SSSR count). The molecule has 1 aromatic carbocycles. The molecular formula is C36H40N8O6. The van der Waals surface area contributed by atoms with E-state index in [1.807, 2.05) is 12.1 Å². The van der Waals surface area contributed by atoms with Gasteiger partial charge in [-0.1, -0.05) is 6.92 Å². The Hall–Kier alpha value is -4.92. The molecule has 0 radical (unpaired) electrons. The van der Waals surface area contributed by atoms with Gasteiger partial charge in [0.15, 0.2) is 17.1 Å². The standard InChI is InChI=1S/C36H40N8O6/c1-2-36(49)26-16-29-32-22(18-44(29)34(47)25(26)20-50-35(36)48)15-23-24(30(45)5-3-27(23)38-32)19-42-13-11-41(12-14-42)17-21-7-9-43(10-8-21)31-6-4-28(33(37)46)39-40-31/h3-6,15-16,21,45,49H,2,7-14,17-20H2,1H3,(H2,37,46)/t36-/m0/s1. The molecule has 1 atom stereocenters. The molecule has 50 heavy (non-hydrogen) atoms. The number of aromatic hydroxyl groups is 1. The Morgan fingerprint density at radius 3 is 2.48 bits per heavy atom. The predicted octanol–water partition coefficient (Wildman–Crippen LogP) is 1.71. The molecule has 4 aliphatic rings. The summed E-state index contributed by atoms with van der Waals surface area (Å²) >= 11 is 0. The number of piperidine rings is 1. The molecule has 4 aromatic rings. The van der Waals surface area contributed by atoms with Crippen molar-refractivity contribution in [3.05, 3.63) is 74.7 Å². The maximum Gasteiger partial charge on any atom is 0.343 e. The lowest BCUT2D eigenvalue weighted by Crippen LogP contribution is -2.48. The van der Waals surface area contributed by atoms with Crippen molar-refractivity contribution in [3.63, 3.8) is 0 Å². The average Bonchev–Trinajstić information content (AvgIpc) is 3.49. The van der Waals surface area contributed by atoms with Gasteiger partial charge >= 0.3 is 5.97 Å². The van der Waals surface area contributed by atoms with Gasteiger partial charge in [-0.3, -0.25) is 14.5 Å². The number of nitrogens with two attached hydrogens (primary N) is 1. The highest BCUT2D eigenvalue weighted by Gasteiger charge is 2.45. The highest BCUT2D eigenvalue weighted by atomic mass is 16.6. The van der Waals surface area contributed by atoms with Crippen molar-refractivity contribution >= 4 is 28.6 Å². The molecule has 260 valence electrons. The Kier molecular flexibility index (Phi) is 8.04. The molecule has 0 aliphatic carbocycles. The summed E-state index contributed by atoms with van der Waals surface area (Å²) in [6.45, 7) is 8.87. The maximum absolute atomic E-state index is 13.6. The second-order valence-electron chi connectivity index (χ2n) is 13.9. The summed E-state index contributed by atoms with van der Waals surface area (Å²) in [7, 11) is 0. The lowest BCUT2D eigenvalue weighted by Gasteiger charge is -2.39. The molecule has 0 saturated carbocycles. The minimum atomic E-state index is -1.87. The number of rotatable bonds is 7. The lowest BCUT2D eigenvalue weighted by atomic mass is 9.86. The van der Waals surface area contributed by atoms with E-state index in [0.29, 0.717) is 47.0 Å². The van der Waals surface area contributed by atoms with E-state index in [1.165, 1.54) is 0 Å². The van der Waals surface area contributed by atoms with Crippen LogP contribution in [0, 0.1) is 5.92 Å². The molecule has 2 fully saturated rings. The fraction of sp³-hybridized carbons (Fsp3) is 0.444. The van der Waals surface area contributed by atoms with E-state index < -0.39 is 17.5 Å². The number of phenols is 1. The Morgan fingerprint density at radius 2 is 1.78 bits per heavy atom. The second-order valence-corrected chi connectivity index (χ2v) is 13.9. The number of pyridine rings is 2. The van der Waals surface area contributed by atoms with Crippen LogP contribution in [-0.2, 0) is 34.8 Å². The average molecular weight is 681 g/mol. The minimum Gasteiger partial charge on any atom is -0.508 e. The molecule has 7 heterocycles. The molecule has 0 unspecified atom stereocenters. The van der Waals surface area contributed by atoms with Crippen molar-refractivity contribution in [2.24, 2.45) is 11.7 Å². The quantitative estimate of drug-likeness (QED) is 0.212. The van der Waals surface area contributed by atoms with Gasteiger partial charge in [0.25, 0.3) is 11.5 Å². The normalized spacial score (nSPS) is 21.2. The van der Waals surface area contributed by atoms with E-state index in [0.717, 1.165) is 81.0 Å². The number of carbonyl (C=O) groups is 2. The number of aliphatic hydroxyl groups is 1. The SMILES string of the molecule is CC[C@@]1(O)C(=O)OCc2c1cc1n(c2=O)Cc2cc3c(CN4CCN(CC5CCN(c6ccc(C(N)=O)nn6)CC5)CC4)c(O)ccc3nc2-1. The van der Waals surface area contributed by atoms with Gasteiger partial charge < -0.3 is 35.1 Å². The molecule has 1 amide bonds. The lowest BCUT2D eigenvalue weighted by molar-refractivity contribution is -0.172. The first-order chi connectivity index (χ1) is 24.1. The number of fused-ring (bicyclic) bond motifs is 5. The number of carbonyl (C=O) groups excluding carboxylic acids is 2. The van der Waals surface area contributed by atoms with Gasteiger partial charge in [0.2, 0.25) is 0 Å². The van der Waals surface area contributed by atoms with Crippen LogP contribution < -0.4 is 16.2 Å². The molecule has 14 nitrogen and oxygen atoms in total. The zero-order chi connectivity index (χ0) is 34.7. The monoisotopic (exact) mass is 680 g/mol. The molecule has 4 N–H and O–H groups in total. The Balaban J connectivity index is 0.934. The molecular weight excluding hydrogens is 640 g/mol. The summed E-state index contributed by atoms with van der Waals surface area (Å²) < 4.78 is 6.82. The van der Waals surface area contributed by atoms with Crippen LogP contribution in [0.25, 0.3) is 22.3 Å². The van der Waals surface area contributed by atoms with Crippen LogP contribution in [0.15, 0.2) is 41.2 Å². The number of amides is 1. The van der Waals surface area contributed by atoms with Crippen molar-refractivity contribution in [1.29, 1.82) is 0 Å². The molecule has 0 spiro atoms. The number of hydrogen-bond donors (Lipinski definition) is 3. The van der Waals surface area contributed by atoms with Crippen LogP contribution in [0.3, 0.4) is 0 Å². The first-order valence-electron chi connectivity index (χ1n) is 17.3. The van der Waals surface area contributed by atoms with Gasteiger partial charge in [0.1, 0.15) is 12.4 Å². The summed E-state index contributed by atoms with van der Waals surface area (Å²) in [6, 6.07) is 10.6. The first kappa shape index (κ1) is 32.3. The summed E-state index contributed by atoms with van der Waals surface area (Å²) in [6.07, 6.45) is 2.21. The Morgan fingerprint density at radius 1 is 1.02 bits per heavy atom. The van der Waals surface area contributed by atoms with Crippen LogP contribution in [0.1, 0.15) is 58.9 Å². The van der Waals surface area contributed by atoms with Gasteiger partial charge in [-0.2, -0.15) is 0 Å². The van der Waals surface area contributed by atoms with Crippen molar-refractivity contribution < 1.29 is 24.5 Å². The maximum atomic E-state index is 13.6. The molecule has 3 aromatic heterocycles. The molecule has 0 bridgehead atoms. The molecule has 14 heteroatoms. The number of esters is 1. The van der Waals surface area contributed by atoms with Crippen LogP contribution in [-0.4, -0.2) is 97.5 Å². The minimum absolute atomic E-state index is 0.0864. The summed E-state index contributed by atoms with van der Waals surface area (Å²) in [5.41, 5.74) is 7.45. The number of ether oxygens (including phenoxy) is 1. The fourth-order valence-electron chi connectivity index (χ4n) is 7.95. The summed E-state index contributed by atoms with van der Waals surface area (Å²) in [5.74, 6) is 0.260. The fourth-order valence-corrected chi connectivity index (χ4v) is 7.95. The third-order valence-corrected chi connectivity index (χ3v) is 11.0. The van der Waals surface area contributed by atoms with Crippen LogP contribution in [0.2, 0.25) is 0 Å².